The van der Waals surface area contributed by atoms with Gasteiger partial charge in [0, 0.05) is 36.2 Å². The van der Waals surface area contributed by atoms with Crippen molar-refractivity contribution in [1.82, 2.24) is 15.2 Å². The number of hydrogen-bond donors (Lipinski definition) is 2. The predicted molar refractivity (Wildman–Crippen MR) is 75.8 cm³/mol. The number of nitrogens with one attached hydrogen (secondary N) is 2. The fourth-order valence-corrected chi connectivity index (χ4v) is 2.89. The molecule has 2 N–H and O–H groups in total. The molecule has 1 aliphatic heterocycles. The van der Waals surface area contributed by atoms with Crippen LogP contribution < -0.4 is 5.32 Å². The summed E-state index contributed by atoms with van der Waals surface area (Å²) >= 11 is 0. The van der Waals surface area contributed by atoms with E-state index in [1.165, 1.54) is 29.4 Å². The first-order valence-electron chi connectivity index (χ1n) is 6.87. The van der Waals surface area contributed by atoms with Gasteiger partial charge in [-0.25, -0.2) is 0 Å². The lowest BCUT2D eigenvalue weighted by Gasteiger charge is -2.27. The van der Waals surface area contributed by atoms with Gasteiger partial charge in [-0.2, -0.15) is 0 Å². The van der Waals surface area contributed by atoms with Crippen molar-refractivity contribution in [2.75, 3.05) is 26.2 Å². The normalized spacial score (nSPS) is 19.8. The van der Waals surface area contributed by atoms with E-state index in [0.29, 0.717) is 6.04 Å². The number of rotatable bonds is 2. The summed E-state index contributed by atoms with van der Waals surface area (Å²) in [6.07, 6.45) is 3.42. The molecular weight excluding hydrogens is 222 g/mol. The lowest BCUT2D eigenvalue weighted by Crippen LogP contribution is -2.30. The number of para-hydroxylation sites is 1. The summed E-state index contributed by atoms with van der Waals surface area (Å²) < 4.78 is 0. The summed E-state index contributed by atoms with van der Waals surface area (Å²) in [5.41, 5.74) is 2.67. The molecule has 3 rings (SSSR count). The predicted octanol–water partition coefficient (Wildman–Crippen LogP) is 2.52. The molecule has 3 heteroatoms. The first-order valence-corrected chi connectivity index (χ1v) is 6.87. The summed E-state index contributed by atoms with van der Waals surface area (Å²) in [6, 6.07) is 9.06. The molecule has 3 nitrogen and oxygen atoms in total. The van der Waals surface area contributed by atoms with Crippen molar-refractivity contribution in [3.8, 4) is 0 Å². The first-order chi connectivity index (χ1) is 8.86. The Morgan fingerprint density at radius 2 is 2.06 bits per heavy atom. The van der Waals surface area contributed by atoms with Crippen molar-refractivity contribution in [3.63, 3.8) is 0 Å². The lowest BCUT2D eigenvalue weighted by molar-refractivity contribution is 0.226. The lowest BCUT2D eigenvalue weighted by atomic mass is 10.1. The topological polar surface area (TPSA) is 31.1 Å². The van der Waals surface area contributed by atoms with Gasteiger partial charge in [0.1, 0.15) is 0 Å². The van der Waals surface area contributed by atoms with Gasteiger partial charge in [-0.3, -0.25) is 4.90 Å². The monoisotopic (exact) mass is 243 g/mol. The molecule has 2 aromatic rings. The van der Waals surface area contributed by atoms with Gasteiger partial charge in [0.15, 0.2) is 0 Å². The van der Waals surface area contributed by atoms with Gasteiger partial charge >= 0.3 is 0 Å². The van der Waals surface area contributed by atoms with E-state index in [2.05, 4.69) is 52.6 Å². The highest BCUT2D eigenvalue weighted by Crippen LogP contribution is 2.28. The maximum Gasteiger partial charge on any atom is 0.0457 e. The maximum atomic E-state index is 3.47. The van der Waals surface area contributed by atoms with Crippen molar-refractivity contribution in [3.05, 3.63) is 36.0 Å². The largest absolute Gasteiger partial charge is 0.361 e. The molecule has 0 spiro atoms. The van der Waals surface area contributed by atoms with Crippen LogP contribution >= 0.6 is 0 Å². The molecule has 0 amide bonds. The van der Waals surface area contributed by atoms with E-state index in [4.69, 9.17) is 0 Å². The Labute approximate surface area is 108 Å². The number of hydrogen-bond acceptors (Lipinski definition) is 2. The standard InChI is InChI=1S/C15H21N3/c1-12(18-9-4-7-16-8-10-18)14-11-17-15-6-3-2-5-13(14)15/h2-3,5-6,11-12,16-17H,4,7-10H2,1H3. The molecule has 18 heavy (non-hydrogen) atoms. The van der Waals surface area contributed by atoms with E-state index in [1.807, 2.05) is 0 Å². The highest BCUT2D eigenvalue weighted by Gasteiger charge is 2.19. The van der Waals surface area contributed by atoms with Crippen LogP contribution in [0.3, 0.4) is 0 Å². The molecule has 96 valence electrons. The molecule has 1 unspecified atom stereocenters. The second-order valence-electron chi connectivity index (χ2n) is 5.11. The Hall–Kier alpha value is -1.32. The minimum atomic E-state index is 0.487. The molecule has 0 aliphatic carbocycles. The third-order valence-electron chi connectivity index (χ3n) is 3.99. The molecule has 2 heterocycles. The molecule has 1 aromatic heterocycles. The van der Waals surface area contributed by atoms with E-state index in [-0.39, 0.29) is 0 Å². The van der Waals surface area contributed by atoms with Crippen LogP contribution in [0.25, 0.3) is 10.9 Å². The molecule has 1 atom stereocenters. The summed E-state index contributed by atoms with van der Waals surface area (Å²) in [5, 5.41) is 4.83. The summed E-state index contributed by atoms with van der Waals surface area (Å²) in [6.45, 7) is 6.90. The van der Waals surface area contributed by atoms with Crippen LogP contribution in [-0.2, 0) is 0 Å². The zero-order chi connectivity index (χ0) is 12.4. The molecule has 1 fully saturated rings. The Balaban J connectivity index is 1.88. The van der Waals surface area contributed by atoms with E-state index >= 15 is 0 Å². The fourth-order valence-electron chi connectivity index (χ4n) is 2.89. The van der Waals surface area contributed by atoms with Crippen LogP contribution in [0.5, 0.6) is 0 Å². The SMILES string of the molecule is CC(c1c[nH]c2ccccc12)N1CCCNCC1. The Kier molecular flexibility index (Phi) is 3.35. The molecule has 0 bridgehead atoms. The number of aromatic amines is 1. The zero-order valence-corrected chi connectivity index (χ0v) is 10.9. The number of aromatic nitrogens is 1. The van der Waals surface area contributed by atoms with Gasteiger partial charge in [0.25, 0.3) is 0 Å². The van der Waals surface area contributed by atoms with Gasteiger partial charge in [0.05, 0.1) is 0 Å². The van der Waals surface area contributed by atoms with Gasteiger partial charge in [-0.1, -0.05) is 18.2 Å². The average molecular weight is 243 g/mol. The van der Waals surface area contributed by atoms with Crippen molar-refractivity contribution in [2.24, 2.45) is 0 Å². The highest BCUT2D eigenvalue weighted by atomic mass is 15.2. The number of nitrogens with zero attached hydrogens (tertiary/aromatic N) is 1. The Bertz CT molecular complexity index is 509. The number of benzene rings is 1. The van der Waals surface area contributed by atoms with Crippen LogP contribution in [0.15, 0.2) is 30.5 Å². The number of fused-ring (bicyclic) bond motifs is 1. The fraction of sp³-hybridized carbons (Fsp3) is 0.467. The third-order valence-corrected chi connectivity index (χ3v) is 3.99. The molecule has 1 aliphatic rings. The maximum absolute atomic E-state index is 3.47. The zero-order valence-electron chi connectivity index (χ0n) is 10.9. The third kappa shape index (κ3) is 2.16. The number of H-pyrrole nitrogens is 1. The van der Waals surface area contributed by atoms with E-state index < -0.39 is 0 Å². The minimum absolute atomic E-state index is 0.487. The molecule has 0 saturated carbocycles. The Morgan fingerprint density at radius 1 is 1.17 bits per heavy atom. The molecular formula is C15H21N3. The molecule has 1 saturated heterocycles. The molecule has 1 aromatic carbocycles. The van der Waals surface area contributed by atoms with Gasteiger partial charge in [-0.05, 0) is 38.1 Å². The second kappa shape index (κ2) is 5.12. The van der Waals surface area contributed by atoms with Crippen LogP contribution in [0, 0.1) is 0 Å². The van der Waals surface area contributed by atoms with Crippen LogP contribution in [0.2, 0.25) is 0 Å². The van der Waals surface area contributed by atoms with Crippen LogP contribution in [-0.4, -0.2) is 36.1 Å². The first kappa shape index (κ1) is 11.8. The van der Waals surface area contributed by atoms with E-state index in [9.17, 15) is 0 Å². The molecule has 0 radical (unpaired) electrons. The van der Waals surface area contributed by atoms with Gasteiger partial charge in [-0.15, -0.1) is 0 Å². The minimum Gasteiger partial charge on any atom is -0.361 e. The summed E-state index contributed by atoms with van der Waals surface area (Å²) in [4.78, 5) is 5.96. The van der Waals surface area contributed by atoms with E-state index in [0.717, 1.165) is 19.6 Å². The van der Waals surface area contributed by atoms with Gasteiger partial charge in [0.2, 0.25) is 0 Å². The second-order valence-corrected chi connectivity index (χ2v) is 5.11. The van der Waals surface area contributed by atoms with Crippen LogP contribution in [0.1, 0.15) is 24.9 Å². The Morgan fingerprint density at radius 3 is 3.00 bits per heavy atom. The van der Waals surface area contributed by atoms with Crippen LogP contribution in [0.4, 0.5) is 0 Å². The summed E-state index contributed by atoms with van der Waals surface area (Å²) in [7, 11) is 0. The average Bonchev–Trinajstić information content (AvgIpc) is 2.65. The summed E-state index contributed by atoms with van der Waals surface area (Å²) in [5.74, 6) is 0. The van der Waals surface area contributed by atoms with E-state index in [1.54, 1.807) is 0 Å². The quantitative estimate of drug-likeness (QED) is 0.849. The van der Waals surface area contributed by atoms with Crippen molar-refractivity contribution in [1.29, 1.82) is 0 Å². The van der Waals surface area contributed by atoms with Crippen molar-refractivity contribution in [2.45, 2.75) is 19.4 Å². The van der Waals surface area contributed by atoms with Crippen molar-refractivity contribution < 1.29 is 0 Å². The highest BCUT2D eigenvalue weighted by molar-refractivity contribution is 5.83. The smallest absolute Gasteiger partial charge is 0.0457 e. The van der Waals surface area contributed by atoms with Gasteiger partial charge < -0.3 is 10.3 Å². The van der Waals surface area contributed by atoms with Crippen molar-refractivity contribution >= 4 is 10.9 Å².